The van der Waals surface area contributed by atoms with Gasteiger partial charge in [0.2, 0.25) is 0 Å². The number of rotatable bonds is 4. The third-order valence-electron chi connectivity index (χ3n) is 1.87. The molecule has 5 nitrogen and oxygen atoms in total. The zero-order chi connectivity index (χ0) is 13.9. The summed E-state index contributed by atoms with van der Waals surface area (Å²) in [5.74, 6) is -3.24. The smallest absolute Gasteiger partial charge is 0.506 e. The maximum atomic E-state index is 12.0. The van der Waals surface area contributed by atoms with E-state index < -0.39 is 36.1 Å². The van der Waals surface area contributed by atoms with E-state index >= 15 is 0 Å². The normalized spacial score (nSPS) is 11.3. The molecule has 0 saturated carbocycles. The van der Waals surface area contributed by atoms with Gasteiger partial charge >= 0.3 is 12.3 Å². The Morgan fingerprint density at radius 3 is 2.56 bits per heavy atom. The summed E-state index contributed by atoms with van der Waals surface area (Å²) in [6.45, 7) is 0. The Hall–Kier alpha value is -1.70. The van der Waals surface area contributed by atoms with E-state index in [4.69, 9.17) is 16.7 Å². The summed E-state index contributed by atoms with van der Waals surface area (Å²) in [5.41, 5.74) is -0.645. The average molecular weight is 286 g/mol. The van der Waals surface area contributed by atoms with Crippen LogP contribution in [0.3, 0.4) is 0 Å². The van der Waals surface area contributed by atoms with Gasteiger partial charge in [0.05, 0.1) is 29.8 Å². The molecule has 0 amide bonds. The van der Waals surface area contributed by atoms with Gasteiger partial charge in [-0.3, -0.25) is 9.78 Å². The standard InChI is InChI=1S/C9H7ClF3NO4/c10-2-4-6(18-9(11,12)13)3-14-5(8(4)17)1-7(15)16/h3,17H,1-2H2,(H,15,16). The van der Waals surface area contributed by atoms with Crippen LogP contribution in [0.1, 0.15) is 11.3 Å². The van der Waals surface area contributed by atoms with E-state index in [0.717, 1.165) is 0 Å². The molecule has 0 aliphatic rings. The predicted molar refractivity (Wildman–Crippen MR) is 53.5 cm³/mol. The summed E-state index contributed by atoms with van der Waals surface area (Å²) in [4.78, 5) is 13.8. The number of pyridine rings is 1. The van der Waals surface area contributed by atoms with Gasteiger partial charge < -0.3 is 14.9 Å². The van der Waals surface area contributed by atoms with Crippen LogP contribution in [0.5, 0.6) is 11.5 Å². The fourth-order valence-electron chi connectivity index (χ4n) is 1.18. The fourth-order valence-corrected chi connectivity index (χ4v) is 1.44. The summed E-state index contributed by atoms with van der Waals surface area (Å²) in [7, 11) is 0. The van der Waals surface area contributed by atoms with E-state index in [-0.39, 0.29) is 11.3 Å². The number of hydrogen-bond acceptors (Lipinski definition) is 4. The minimum atomic E-state index is -4.96. The van der Waals surface area contributed by atoms with Crippen molar-refractivity contribution >= 4 is 17.6 Å². The summed E-state index contributed by atoms with van der Waals surface area (Å²) in [6, 6.07) is 0. The highest BCUT2D eigenvalue weighted by Crippen LogP contribution is 2.34. The summed E-state index contributed by atoms with van der Waals surface area (Å²) in [5, 5.41) is 18.1. The number of ether oxygens (including phenoxy) is 1. The third kappa shape index (κ3) is 3.66. The van der Waals surface area contributed by atoms with Crippen LogP contribution in [0.4, 0.5) is 13.2 Å². The van der Waals surface area contributed by atoms with Gasteiger partial charge in [0.1, 0.15) is 5.75 Å². The Labute approximate surface area is 104 Å². The first-order valence-electron chi connectivity index (χ1n) is 4.47. The Bertz CT molecular complexity index is 464. The average Bonchev–Trinajstić information content (AvgIpc) is 2.20. The van der Waals surface area contributed by atoms with Gasteiger partial charge in [-0.05, 0) is 0 Å². The first-order valence-corrected chi connectivity index (χ1v) is 5.01. The lowest BCUT2D eigenvalue weighted by Crippen LogP contribution is -2.18. The van der Waals surface area contributed by atoms with Gasteiger partial charge in [-0.25, -0.2) is 0 Å². The van der Waals surface area contributed by atoms with E-state index in [9.17, 15) is 23.1 Å². The molecular weight excluding hydrogens is 279 g/mol. The van der Waals surface area contributed by atoms with Crippen molar-refractivity contribution in [2.24, 2.45) is 0 Å². The molecule has 1 heterocycles. The molecule has 0 saturated heterocycles. The van der Waals surface area contributed by atoms with Crippen LogP contribution >= 0.6 is 11.6 Å². The molecule has 0 bridgehead atoms. The van der Waals surface area contributed by atoms with Gasteiger partial charge in [0.25, 0.3) is 0 Å². The van der Waals surface area contributed by atoms with E-state index in [1.807, 2.05) is 0 Å². The van der Waals surface area contributed by atoms with E-state index in [0.29, 0.717) is 6.20 Å². The zero-order valence-corrected chi connectivity index (χ0v) is 9.42. The maximum absolute atomic E-state index is 12.0. The molecule has 0 atom stereocenters. The fraction of sp³-hybridized carbons (Fsp3) is 0.333. The highest BCUT2D eigenvalue weighted by Gasteiger charge is 2.33. The number of carbonyl (C=O) groups is 1. The van der Waals surface area contributed by atoms with Crippen molar-refractivity contribution in [3.63, 3.8) is 0 Å². The van der Waals surface area contributed by atoms with Crippen molar-refractivity contribution in [2.45, 2.75) is 18.7 Å². The van der Waals surface area contributed by atoms with Crippen LogP contribution in [-0.4, -0.2) is 27.5 Å². The largest absolute Gasteiger partial charge is 0.573 e. The molecular formula is C9H7ClF3NO4. The van der Waals surface area contributed by atoms with E-state index in [1.165, 1.54) is 0 Å². The maximum Gasteiger partial charge on any atom is 0.573 e. The summed E-state index contributed by atoms with van der Waals surface area (Å²) >= 11 is 5.39. The molecule has 0 aliphatic carbocycles. The van der Waals surface area contributed by atoms with Crippen molar-refractivity contribution in [1.82, 2.24) is 4.98 Å². The van der Waals surface area contributed by atoms with Gasteiger partial charge in [0.15, 0.2) is 5.75 Å². The van der Waals surface area contributed by atoms with Crippen LogP contribution in [0.2, 0.25) is 0 Å². The van der Waals surface area contributed by atoms with Crippen molar-refractivity contribution in [2.75, 3.05) is 0 Å². The van der Waals surface area contributed by atoms with Gasteiger partial charge in [0, 0.05) is 0 Å². The van der Waals surface area contributed by atoms with Crippen LogP contribution < -0.4 is 4.74 Å². The number of aromatic hydroxyl groups is 1. The van der Waals surface area contributed by atoms with E-state index in [2.05, 4.69) is 9.72 Å². The third-order valence-corrected chi connectivity index (χ3v) is 2.14. The number of aromatic nitrogens is 1. The topological polar surface area (TPSA) is 79.7 Å². The number of halogens is 4. The molecule has 0 unspecified atom stereocenters. The number of carboxylic acids is 1. The minimum Gasteiger partial charge on any atom is -0.506 e. The molecule has 0 spiro atoms. The summed E-state index contributed by atoms with van der Waals surface area (Å²) in [6.07, 6.45) is -4.92. The number of hydrogen-bond donors (Lipinski definition) is 2. The zero-order valence-electron chi connectivity index (χ0n) is 8.66. The molecule has 0 radical (unpaired) electrons. The number of alkyl halides is 4. The second kappa shape index (κ2) is 5.30. The molecule has 100 valence electrons. The number of carboxylic acid groups (broad SMARTS) is 1. The lowest BCUT2D eigenvalue weighted by molar-refractivity contribution is -0.275. The molecule has 1 aromatic heterocycles. The molecule has 0 aromatic carbocycles. The molecule has 2 N–H and O–H groups in total. The van der Waals surface area contributed by atoms with Crippen molar-refractivity contribution in [1.29, 1.82) is 0 Å². The predicted octanol–water partition coefficient (Wildman–Crippen LogP) is 2.05. The molecule has 1 rings (SSSR count). The lowest BCUT2D eigenvalue weighted by atomic mass is 10.1. The van der Waals surface area contributed by atoms with Crippen LogP contribution in [-0.2, 0) is 17.1 Å². The van der Waals surface area contributed by atoms with Crippen molar-refractivity contribution < 1.29 is 32.9 Å². The Morgan fingerprint density at radius 1 is 1.50 bits per heavy atom. The van der Waals surface area contributed by atoms with Gasteiger partial charge in [-0.2, -0.15) is 0 Å². The summed E-state index contributed by atoms with van der Waals surface area (Å²) < 4.78 is 39.7. The molecule has 1 aromatic rings. The SMILES string of the molecule is O=C(O)Cc1ncc(OC(F)(F)F)c(CCl)c1O. The Morgan fingerprint density at radius 2 is 2.11 bits per heavy atom. The minimum absolute atomic E-state index is 0.285. The highest BCUT2D eigenvalue weighted by molar-refractivity contribution is 6.17. The van der Waals surface area contributed by atoms with Crippen molar-refractivity contribution in [3.05, 3.63) is 17.5 Å². The van der Waals surface area contributed by atoms with Crippen molar-refractivity contribution in [3.8, 4) is 11.5 Å². The second-order valence-corrected chi connectivity index (χ2v) is 3.42. The van der Waals surface area contributed by atoms with Gasteiger partial charge in [-0.1, -0.05) is 0 Å². The molecule has 0 fully saturated rings. The van der Waals surface area contributed by atoms with Crippen LogP contribution in [0.15, 0.2) is 6.20 Å². The van der Waals surface area contributed by atoms with Crippen LogP contribution in [0, 0.1) is 0 Å². The van der Waals surface area contributed by atoms with Crippen LogP contribution in [0.25, 0.3) is 0 Å². The molecule has 9 heteroatoms. The second-order valence-electron chi connectivity index (χ2n) is 3.15. The molecule has 0 aliphatic heterocycles. The Kier molecular flexibility index (Phi) is 4.23. The first-order chi connectivity index (χ1) is 8.24. The lowest BCUT2D eigenvalue weighted by Gasteiger charge is -2.14. The van der Waals surface area contributed by atoms with E-state index in [1.54, 1.807) is 0 Å². The number of aliphatic carboxylic acids is 1. The monoisotopic (exact) mass is 285 g/mol. The molecule has 18 heavy (non-hydrogen) atoms. The Balaban J connectivity index is 3.16. The quantitative estimate of drug-likeness (QED) is 0.828. The first kappa shape index (κ1) is 14.4. The highest BCUT2D eigenvalue weighted by atomic mass is 35.5. The van der Waals surface area contributed by atoms with Gasteiger partial charge in [-0.15, -0.1) is 24.8 Å². The number of nitrogens with zero attached hydrogens (tertiary/aromatic N) is 1.